The van der Waals surface area contributed by atoms with Gasteiger partial charge in [-0.25, -0.2) is 9.37 Å². The smallest absolute Gasteiger partial charge is 0.259 e. The first-order valence-electron chi connectivity index (χ1n) is 7.49. The number of benzene rings is 1. The summed E-state index contributed by atoms with van der Waals surface area (Å²) in [5.74, 6) is -0.791. The Hall–Kier alpha value is -3.06. The molecule has 4 aromatic rings. The van der Waals surface area contributed by atoms with Crippen LogP contribution in [0.2, 0.25) is 0 Å². The molecular weight excluding hydrogens is 341 g/mol. The molecular formula is C18H12FN3O2S. The Morgan fingerprint density at radius 1 is 1.24 bits per heavy atom. The molecule has 0 saturated heterocycles. The fraction of sp³-hybridized carbons (Fsp3) is 0.0556. The lowest BCUT2D eigenvalue weighted by Gasteiger charge is -2.08. The van der Waals surface area contributed by atoms with Crippen molar-refractivity contribution in [3.05, 3.63) is 64.9 Å². The highest BCUT2D eigenvalue weighted by atomic mass is 32.1. The summed E-state index contributed by atoms with van der Waals surface area (Å²) in [7, 11) is 0. The molecule has 0 radical (unpaired) electrons. The molecule has 3 heterocycles. The molecule has 0 aliphatic heterocycles. The van der Waals surface area contributed by atoms with Crippen molar-refractivity contribution in [3.63, 3.8) is 0 Å². The van der Waals surface area contributed by atoms with Crippen molar-refractivity contribution in [2.75, 3.05) is 5.32 Å². The minimum Gasteiger partial charge on any atom is -0.335 e. The summed E-state index contributed by atoms with van der Waals surface area (Å²) in [6.07, 6.45) is 0. The van der Waals surface area contributed by atoms with Gasteiger partial charge in [0, 0.05) is 5.69 Å². The number of aryl methyl sites for hydroxylation is 1. The molecule has 25 heavy (non-hydrogen) atoms. The number of nitrogens with zero attached hydrogens (tertiary/aromatic N) is 2. The highest BCUT2D eigenvalue weighted by Crippen LogP contribution is 2.29. The highest BCUT2D eigenvalue weighted by Gasteiger charge is 2.20. The number of aromatic nitrogens is 2. The number of pyridine rings is 1. The van der Waals surface area contributed by atoms with Gasteiger partial charge in [0.05, 0.1) is 27.2 Å². The number of thiophene rings is 1. The van der Waals surface area contributed by atoms with Crippen molar-refractivity contribution in [1.82, 2.24) is 10.1 Å². The number of hydrogen-bond acceptors (Lipinski definition) is 5. The summed E-state index contributed by atoms with van der Waals surface area (Å²) in [6, 6.07) is 11.3. The molecule has 1 aromatic carbocycles. The van der Waals surface area contributed by atoms with Gasteiger partial charge in [-0.3, -0.25) is 4.79 Å². The lowest BCUT2D eigenvalue weighted by Crippen LogP contribution is -2.13. The summed E-state index contributed by atoms with van der Waals surface area (Å²) in [4.78, 5) is 18.1. The maximum atomic E-state index is 13.4. The van der Waals surface area contributed by atoms with Crippen molar-refractivity contribution in [2.24, 2.45) is 0 Å². The van der Waals surface area contributed by atoms with E-state index in [2.05, 4.69) is 15.5 Å². The standard InChI is InChI=1S/C18H12FN3O2S/c1-10-16-13(17(23)20-12-5-2-4-11(19)8-12)9-14(15-6-3-7-25-15)21-18(16)24-22-10/h2-9H,1H3,(H,20,23). The number of carbonyl (C=O) groups excluding carboxylic acids is 1. The van der Waals surface area contributed by atoms with E-state index in [0.717, 1.165) is 4.88 Å². The fourth-order valence-corrected chi connectivity index (χ4v) is 3.28. The normalized spacial score (nSPS) is 11.0. The second kappa shape index (κ2) is 6.10. The first-order chi connectivity index (χ1) is 12.1. The zero-order chi connectivity index (χ0) is 17.4. The summed E-state index contributed by atoms with van der Waals surface area (Å²) >= 11 is 1.51. The fourth-order valence-electron chi connectivity index (χ4n) is 2.59. The van der Waals surface area contributed by atoms with Gasteiger partial charge in [0.1, 0.15) is 5.82 Å². The quantitative estimate of drug-likeness (QED) is 0.582. The topological polar surface area (TPSA) is 68.0 Å². The van der Waals surface area contributed by atoms with Gasteiger partial charge in [0.2, 0.25) is 0 Å². The molecule has 0 aliphatic carbocycles. The molecule has 3 aromatic heterocycles. The molecule has 0 spiro atoms. The van der Waals surface area contributed by atoms with E-state index in [4.69, 9.17) is 4.52 Å². The van der Waals surface area contributed by atoms with Crippen LogP contribution in [-0.2, 0) is 0 Å². The zero-order valence-corrected chi connectivity index (χ0v) is 13.9. The van der Waals surface area contributed by atoms with Crippen LogP contribution >= 0.6 is 11.3 Å². The molecule has 0 saturated carbocycles. The number of halogens is 1. The third-order valence-electron chi connectivity index (χ3n) is 3.72. The average Bonchev–Trinajstić information content (AvgIpc) is 3.24. The molecule has 0 atom stereocenters. The lowest BCUT2D eigenvalue weighted by molar-refractivity contribution is 0.102. The molecule has 0 bridgehead atoms. The van der Waals surface area contributed by atoms with Gasteiger partial charge in [-0.05, 0) is 42.6 Å². The Morgan fingerprint density at radius 3 is 2.88 bits per heavy atom. The second-order valence-electron chi connectivity index (χ2n) is 5.44. The van der Waals surface area contributed by atoms with Gasteiger partial charge >= 0.3 is 0 Å². The second-order valence-corrected chi connectivity index (χ2v) is 6.39. The van der Waals surface area contributed by atoms with E-state index in [1.54, 1.807) is 19.1 Å². The summed E-state index contributed by atoms with van der Waals surface area (Å²) in [5.41, 5.74) is 2.26. The SMILES string of the molecule is Cc1noc2nc(-c3cccs3)cc(C(=O)Nc3cccc(F)c3)c12. The van der Waals surface area contributed by atoms with Crippen LogP contribution in [-0.4, -0.2) is 16.0 Å². The van der Waals surface area contributed by atoms with Crippen molar-refractivity contribution < 1.29 is 13.7 Å². The number of anilines is 1. The zero-order valence-electron chi connectivity index (χ0n) is 13.1. The van der Waals surface area contributed by atoms with Crippen LogP contribution < -0.4 is 5.32 Å². The Balaban J connectivity index is 1.81. The van der Waals surface area contributed by atoms with Gasteiger partial charge in [0.25, 0.3) is 11.6 Å². The molecule has 1 N–H and O–H groups in total. The van der Waals surface area contributed by atoms with Gasteiger partial charge < -0.3 is 9.84 Å². The molecule has 1 amide bonds. The highest BCUT2D eigenvalue weighted by molar-refractivity contribution is 7.13. The Bertz CT molecular complexity index is 1070. The van der Waals surface area contributed by atoms with Crippen molar-refractivity contribution in [1.29, 1.82) is 0 Å². The summed E-state index contributed by atoms with van der Waals surface area (Å²) in [6.45, 7) is 1.75. The van der Waals surface area contributed by atoms with Crippen molar-refractivity contribution in [3.8, 4) is 10.6 Å². The summed E-state index contributed by atoms with van der Waals surface area (Å²) in [5, 5.41) is 9.10. The van der Waals surface area contributed by atoms with Crippen LogP contribution in [0, 0.1) is 12.7 Å². The van der Waals surface area contributed by atoms with Gasteiger partial charge in [-0.15, -0.1) is 11.3 Å². The Labute approximate surface area is 146 Å². The maximum Gasteiger partial charge on any atom is 0.259 e. The molecule has 0 fully saturated rings. The van der Waals surface area contributed by atoms with Gasteiger partial charge in [-0.2, -0.15) is 0 Å². The number of fused-ring (bicyclic) bond motifs is 1. The third kappa shape index (κ3) is 2.89. The van der Waals surface area contributed by atoms with E-state index in [-0.39, 0.29) is 5.91 Å². The van der Waals surface area contributed by atoms with Crippen LogP contribution in [0.3, 0.4) is 0 Å². The van der Waals surface area contributed by atoms with E-state index in [0.29, 0.717) is 33.7 Å². The van der Waals surface area contributed by atoms with E-state index < -0.39 is 5.82 Å². The number of carbonyl (C=O) groups is 1. The molecule has 0 aliphatic rings. The molecule has 0 unspecified atom stereocenters. The molecule has 5 nitrogen and oxygen atoms in total. The van der Waals surface area contributed by atoms with Crippen LogP contribution in [0.5, 0.6) is 0 Å². The number of hydrogen-bond donors (Lipinski definition) is 1. The van der Waals surface area contributed by atoms with E-state index in [1.165, 1.54) is 29.5 Å². The van der Waals surface area contributed by atoms with Crippen LogP contribution in [0.4, 0.5) is 10.1 Å². The summed E-state index contributed by atoms with van der Waals surface area (Å²) < 4.78 is 18.6. The lowest BCUT2D eigenvalue weighted by atomic mass is 10.1. The van der Waals surface area contributed by atoms with Crippen LogP contribution in [0.1, 0.15) is 16.1 Å². The number of rotatable bonds is 3. The minimum atomic E-state index is -0.418. The predicted molar refractivity (Wildman–Crippen MR) is 94.2 cm³/mol. The van der Waals surface area contributed by atoms with E-state index in [1.807, 2.05) is 17.5 Å². The molecule has 7 heteroatoms. The first-order valence-corrected chi connectivity index (χ1v) is 8.37. The first kappa shape index (κ1) is 15.5. The van der Waals surface area contributed by atoms with E-state index in [9.17, 15) is 9.18 Å². The van der Waals surface area contributed by atoms with Crippen LogP contribution in [0.15, 0.2) is 52.4 Å². The molecule has 124 valence electrons. The minimum absolute atomic E-state index is 0.299. The Kier molecular flexibility index (Phi) is 3.77. The van der Waals surface area contributed by atoms with Crippen LogP contribution in [0.25, 0.3) is 21.7 Å². The average molecular weight is 353 g/mol. The predicted octanol–water partition coefficient (Wildman–Crippen LogP) is 4.65. The van der Waals surface area contributed by atoms with Crippen molar-refractivity contribution >= 4 is 34.0 Å². The number of amides is 1. The molecule has 4 rings (SSSR count). The maximum absolute atomic E-state index is 13.4. The van der Waals surface area contributed by atoms with Crippen molar-refractivity contribution in [2.45, 2.75) is 6.92 Å². The third-order valence-corrected chi connectivity index (χ3v) is 4.61. The van der Waals surface area contributed by atoms with E-state index >= 15 is 0 Å². The number of nitrogens with one attached hydrogen (secondary N) is 1. The monoisotopic (exact) mass is 353 g/mol. The largest absolute Gasteiger partial charge is 0.335 e. The van der Waals surface area contributed by atoms with Gasteiger partial charge in [0.15, 0.2) is 0 Å². The Morgan fingerprint density at radius 2 is 2.12 bits per heavy atom. The van der Waals surface area contributed by atoms with Gasteiger partial charge in [-0.1, -0.05) is 17.3 Å².